The highest BCUT2D eigenvalue weighted by Gasteiger charge is 2.21. The second-order valence-corrected chi connectivity index (χ2v) is 5.11. The van der Waals surface area contributed by atoms with Crippen molar-refractivity contribution >= 4 is 40.5 Å². The maximum absolute atomic E-state index is 12.2. The highest BCUT2D eigenvalue weighted by Crippen LogP contribution is 2.15. The Morgan fingerprint density at radius 1 is 1.29 bits per heavy atom. The molecule has 3 rings (SSSR count). The lowest BCUT2D eigenvalue weighted by atomic mass is 10.2. The summed E-state index contributed by atoms with van der Waals surface area (Å²) in [6, 6.07) is 2.80. The lowest BCUT2D eigenvalue weighted by Crippen LogP contribution is -2.30. The molecule has 0 saturated heterocycles. The zero-order chi connectivity index (χ0) is 17.1. The minimum atomic E-state index is -1.04. The van der Waals surface area contributed by atoms with E-state index in [1.807, 2.05) is 0 Å². The van der Waals surface area contributed by atoms with Crippen LogP contribution in [0.15, 0.2) is 31.0 Å². The van der Waals surface area contributed by atoms with E-state index in [9.17, 15) is 9.59 Å². The third-order valence-corrected chi connectivity index (χ3v) is 3.29. The molecule has 3 heterocycles. The number of carbonyl (C=O) groups excluding carboxylic acids is 2. The maximum Gasteiger partial charge on any atom is 0.339 e. The van der Waals surface area contributed by atoms with Crippen molar-refractivity contribution in [1.29, 1.82) is 0 Å². The molecule has 9 nitrogen and oxygen atoms in total. The molecule has 0 saturated carbocycles. The number of nitrogens with one attached hydrogen (secondary N) is 2. The van der Waals surface area contributed by atoms with Gasteiger partial charge >= 0.3 is 5.97 Å². The predicted molar refractivity (Wildman–Crippen MR) is 84.4 cm³/mol. The highest BCUT2D eigenvalue weighted by molar-refractivity contribution is 6.29. The van der Waals surface area contributed by atoms with Crippen LogP contribution in [0, 0.1) is 0 Å². The minimum absolute atomic E-state index is 0.157. The Balaban J connectivity index is 1.69. The third kappa shape index (κ3) is 3.30. The smallest absolute Gasteiger partial charge is 0.339 e. The van der Waals surface area contributed by atoms with Gasteiger partial charge < -0.3 is 15.0 Å². The molecule has 1 atom stereocenters. The van der Waals surface area contributed by atoms with Crippen LogP contribution in [0.25, 0.3) is 11.2 Å². The number of hydrogen-bond donors (Lipinski definition) is 2. The fourth-order valence-electron chi connectivity index (χ4n) is 1.89. The van der Waals surface area contributed by atoms with Gasteiger partial charge in [-0.3, -0.25) is 4.79 Å². The number of H-pyrrole nitrogens is 1. The molecule has 0 aliphatic rings. The van der Waals surface area contributed by atoms with Gasteiger partial charge in [0, 0.05) is 6.20 Å². The molecule has 3 aromatic heterocycles. The second-order valence-electron chi connectivity index (χ2n) is 4.73. The molecule has 122 valence electrons. The first-order chi connectivity index (χ1) is 11.5. The summed E-state index contributed by atoms with van der Waals surface area (Å²) >= 11 is 5.72. The van der Waals surface area contributed by atoms with Gasteiger partial charge in [-0.05, 0) is 19.1 Å². The zero-order valence-electron chi connectivity index (χ0n) is 12.4. The van der Waals surface area contributed by atoms with Crippen LogP contribution < -0.4 is 5.32 Å². The number of esters is 1. The fourth-order valence-corrected chi connectivity index (χ4v) is 2.06. The number of rotatable bonds is 4. The van der Waals surface area contributed by atoms with E-state index >= 15 is 0 Å². The number of imidazole rings is 1. The number of nitrogens with zero attached hydrogens (tertiary/aromatic N) is 4. The number of amides is 1. The van der Waals surface area contributed by atoms with Crippen LogP contribution in [0.2, 0.25) is 5.15 Å². The molecule has 0 spiro atoms. The summed E-state index contributed by atoms with van der Waals surface area (Å²) in [5.41, 5.74) is 1.09. The van der Waals surface area contributed by atoms with E-state index in [1.54, 1.807) is 0 Å². The number of carbonyl (C=O) groups is 2. The van der Waals surface area contributed by atoms with Gasteiger partial charge in [-0.1, -0.05) is 11.6 Å². The van der Waals surface area contributed by atoms with Crippen molar-refractivity contribution in [2.24, 2.45) is 0 Å². The summed E-state index contributed by atoms with van der Waals surface area (Å²) in [5.74, 6) is -0.980. The molecule has 24 heavy (non-hydrogen) atoms. The van der Waals surface area contributed by atoms with Gasteiger partial charge in [0.05, 0.1) is 11.9 Å². The monoisotopic (exact) mass is 346 g/mol. The van der Waals surface area contributed by atoms with E-state index in [0.717, 1.165) is 0 Å². The number of halogens is 1. The number of aromatic amines is 1. The molecule has 1 amide bonds. The van der Waals surface area contributed by atoms with Gasteiger partial charge in [0.2, 0.25) is 0 Å². The SMILES string of the molecule is C[C@H](OC(=O)c1ccnc(Cl)c1)C(=O)Nc1ncnc2nc[nH]c12. The van der Waals surface area contributed by atoms with Crippen LogP contribution in [-0.2, 0) is 9.53 Å². The van der Waals surface area contributed by atoms with Crippen molar-refractivity contribution in [2.45, 2.75) is 13.0 Å². The molecule has 10 heteroatoms. The molecule has 0 radical (unpaired) electrons. The van der Waals surface area contributed by atoms with Crippen molar-refractivity contribution in [3.05, 3.63) is 41.7 Å². The van der Waals surface area contributed by atoms with E-state index in [0.29, 0.717) is 11.2 Å². The molecular weight excluding hydrogens is 336 g/mol. The molecule has 0 aliphatic heterocycles. The van der Waals surface area contributed by atoms with E-state index in [-0.39, 0.29) is 16.5 Å². The van der Waals surface area contributed by atoms with Gasteiger partial charge in [-0.15, -0.1) is 0 Å². The summed E-state index contributed by atoms with van der Waals surface area (Å²) < 4.78 is 5.11. The first-order valence-electron chi connectivity index (χ1n) is 6.82. The van der Waals surface area contributed by atoms with Crippen LogP contribution in [0.3, 0.4) is 0 Å². The van der Waals surface area contributed by atoms with Gasteiger partial charge in [-0.2, -0.15) is 0 Å². The van der Waals surface area contributed by atoms with Crippen molar-refractivity contribution < 1.29 is 14.3 Å². The first-order valence-corrected chi connectivity index (χ1v) is 7.20. The lowest BCUT2D eigenvalue weighted by Gasteiger charge is -2.13. The minimum Gasteiger partial charge on any atom is -0.449 e. The third-order valence-electron chi connectivity index (χ3n) is 3.08. The van der Waals surface area contributed by atoms with Crippen LogP contribution in [0.1, 0.15) is 17.3 Å². The normalized spacial score (nSPS) is 11.9. The number of aromatic nitrogens is 5. The Kier molecular flexibility index (Phi) is 4.34. The molecule has 0 aromatic carbocycles. The fraction of sp³-hybridized carbons (Fsp3) is 0.143. The van der Waals surface area contributed by atoms with Crippen LogP contribution in [0.4, 0.5) is 5.82 Å². The molecule has 3 aromatic rings. The van der Waals surface area contributed by atoms with Crippen molar-refractivity contribution in [3.63, 3.8) is 0 Å². The van der Waals surface area contributed by atoms with Gasteiger partial charge in [0.15, 0.2) is 17.6 Å². The second kappa shape index (κ2) is 6.59. The average molecular weight is 347 g/mol. The van der Waals surface area contributed by atoms with Crippen molar-refractivity contribution in [3.8, 4) is 0 Å². The van der Waals surface area contributed by atoms with Crippen LogP contribution in [0.5, 0.6) is 0 Å². The maximum atomic E-state index is 12.2. The Hall–Kier alpha value is -3.07. The summed E-state index contributed by atoms with van der Waals surface area (Å²) in [5, 5.41) is 2.72. The largest absolute Gasteiger partial charge is 0.449 e. The van der Waals surface area contributed by atoms with Crippen LogP contribution in [-0.4, -0.2) is 42.9 Å². The highest BCUT2D eigenvalue weighted by atomic mass is 35.5. The van der Waals surface area contributed by atoms with Crippen molar-refractivity contribution in [1.82, 2.24) is 24.9 Å². The number of fused-ring (bicyclic) bond motifs is 1. The van der Waals surface area contributed by atoms with Gasteiger partial charge in [0.1, 0.15) is 17.0 Å². The first kappa shape index (κ1) is 15.8. The topological polar surface area (TPSA) is 123 Å². The van der Waals surface area contributed by atoms with E-state index < -0.39 is 18.0 Å². The Labute approximate surface area is 140 Å². The average Bonchev–Trinajstić information content (AvgIpc) is 3.04. The summed E-state index contributed by atoms with van der Waals surface area (Å²) in [7, 11) is 0. The standard InChI is InChI=1S/C14H11ClN6O3/c1-7(24-14(23)8-2-3-16-9(15)4-8)13(22)21-12-10-11(18-5-17-10)19-6-20-12/h2-7H,1H3,(H2,17,18,19,20,21,22)/t7-/m0/s1. The zero-order valence-corrected chi connectivity index (χ0v) is 13.1. The molecule has 0 aliphatic carbocycles. The number of anilines is 1. The Morgan fingerprint density at radius 3 is 2.92 bits per heavy atom. The van der Waals surface area contributed by atoms with E-state index in [2.05, 4.69) is 30.2 Å². The molecular formula is C14H11ClN6O3. The van der Waals surface area contributed by atoms with Crippen molar-refractivity contribution in [2.75, 3.05) is 5.32 Å². The summed E-state index contributed by atoms with van der Waals surface area (Å²) in [6.45, 7) is 1.45. The predicted octanol–water partition coefficient (Wildman–Crippen LogP) is 1.59. The quantitative estimate of drug-likeness (QED) is 0.543. The molecule has 2 N–H and O–H groups in total. The summed E-state index contributed by atoms with van der Waals surface area (Å²) in [4.78, 5) is 42.7. The number of hydrogen-bond acceptors (Lipinski definition) is 7. The lowest BCUT2D eigenvalue weighted by molar-refractivity contribution is -0.123. The van der Waals surface area contributed by atoms with Gasteiger partial charge in [0.25, 0.3) is 5.91 Å². The van der Waals surface area contributed by atoms with E-state index in [1.165, 1.54) is 37.9 Å². The number of ether oxygens (including phenoxy) is 1. The molecule has 0 bridgehead atoms. The van der Waals surface area contributed by atoms with E-state index in [4.69, 9.17) is 16.3 Å². The Bertz CT molecular complexity index is 912. The molecule has 0 unspecified atom stereocenters. The summed E-state index contributed by atoms with van der Waals surface area (Å²) in [6.07, 6.45) is 3.04. The molecule has 0 fully saturated rings. The number of pyridine rings is 1. The van der Waals surface area contributed by atoms with Crippen LogP contribution >= 0.6 is 11.6 Å². The Morgan fingerprint density at radius 2 is 2.12 bits per heavy atom. The van der Waals surface area contributed by atoms with Gasteiger partial charge in [-0.25, -0.2) is 24.7 Å².